The number of methoxy groups -OCH3 is 1. The standard InChI is InChI=1S/C17H16FN3O2S2/c1-22-13-6-4-5-12(11-13)19-16-20-21-17(25-16)24-10-9-23-15-8-3-2-7-14(15)18/h2-8,11H,9-10H2,1H3,(H,19,20). The largest absolute Gasteiger partial charge is 0.497 e. The molecule has 0 fully saturated rings. The first-order valence-corrected chi connectivity index (χ1v) is 9.29. The first kappa shape index (κ1) is 17.5. The van der Waals surface area contributed by atoms with Crippen LogP contribution in [0.25, 0.3) is 0 Å². The Balaban J connectivity index is 1.47. The van der Waals surface area contributed by atoms with E-state index in [9.17, 15) is 4.39 Å². The first-order valence-electron chi connectivity index (χ1n) is 7.49. The second-order valence-electron chi connectivity index (χ2n) is 4.86. The molecule has 0 unspecified atom stereocenters. The Kier molecular flexibility index (Phi) is 6.08. The highest BCUT2D eigenvalue weighted by Crippen LogP contribution is 2.28. The number of anilines is 2. The van der Waals surface area contributed by atoms with E-state index >= 15 is 0 Å². The van der Waals surface area contributed by atoms with Crippen molar-refractivity contribution in [3.05, 3.63) is 54.3 Å². The summed E-state index contributed by atoms with van der Waals surface area (Å²) in [6.07, 6.45) is 0. The Bertz CT molecular complexity index is 829. The van der Waals surface area contributed by atoms with Crippen molar-refractivity contribution in [3.8, 4) is 11.5 Å². The zero-order valence-corrected chi connectivity index (χ0v) is 15.1. The summed E-state index contributed by atoms with van der Waals surface area (Å²) in [4.78, 5) is 0. The highest BCUT2D eigenvalue weighted by atomic mass is 32.2. The molecule has 5 nitrogen and oxygen atoms in total. The van der Waals surface area contributed by atoms with Crippen molar-refractivity contribution in [1.82, 2.24) is 10.2 Å². The lowest BCUT2D eigenvalue weighted by atomic mass is 10.3. The molecule has 1 heterocycles. The van der Waals surface area contributed by atoms with Gasteiger partial charge in [-0.15, -0.1) is 10.2 Å². The normalized spacial score (nSPS) is 10.5. The molecule has 1 aromatic heterocycles. The van der Waals surface area contributed by atoms with E-state index in [4.69, 9.17) is 9.47 Å². The van der Waals surface area contributed by atoms with Gasteiger partial charge in [-0.3, -0.25) is 0 Å². The lowest BCUT2D eigenvalue weighted by molar-refractivity contribution is 0.325. The third kappa shape index (κ3) is 5.07. The van der Waals surface area contributed by atoms with Gasteiger partial charge in [-0.2, -0.15) is 0 Å². The summed E-state index contributed by atoms with van der Waals surface area (Å²) in [6.45, 7) is 0.393. The molecule has 0 spiro atoms. The zero-order valence-electron chi connectivity index (χ0n) is 13.4. The average molecular weight is 377 g/mol. The van der Waals surface area contributed by atoms with Crippen molar-refractivity contribution in [2.75, 3.05) is 24.8 Å². The second kappa shape index (κ2) is 8.68. The minimum absolute atomic E-state index is 0.265. The monoisotopic (exact) mass is 377 g/mol. The molecule has 0 bridgehead atoms. The van der Waals surface area contributed by atoms with E-state index in [1.54, 1.807) is 25.3 Å². The third-order valence-corrected chi connectivity index (χ3v) is 5.07. The van der Waals surface area contributed by atoms with Crippen LogP contribution in [0, 0.1) is 5.82 Å². The van der Waals surface area contributed by atoms with Gasteiger partial charge in [0, 0.05) is 17.5 Å². The molecule has 0 aliphatic rings. The van der Waals surface area contributed by atoms with Crippen molar-refractivity contribution in [3.63, 3.8) is 0 Å². The Morgan fingerprint density at radius 3 is 2.88 bits per heavy atom. The Labute approximate surface area is 153 Å². The van der Waals surface area contributed by atoms with E-state index in [1.807, 2.05) is 24.3 Å². The van der Waals surface area contributed by atoms with Gasteiger partial charge in [-0.05, 0) is 24.3 Å². The number of halogens is 1. The second-order valence-corrected chi connectivity index (χ2v) is 7.18. The van der Waals surface area contributed by atoms with Crippen molar-refractivity contribution in [1.29, 1.82) is 0 Å². The van der Waals surface area contributed by atoms with Crippen LogP contribution in [0.2, 0.25) is 0 Å². The van der Waals surface area contributed by atoms with Crippen molar-refractivity contribution in [2.45, 2.75) is 4.34 Å². The summed E-state index contributed by atoms with van der Waals surface area (Å²) in [5.41, 5.74) is 0.884. The summed E-state index contributed by atoms with van der Waals surface area (Å²) >= 11 is 2.97. The number of nitrogens with one attached hydrogen (secondary N) is 1. The van der Waals surface area contributed by atoms with E-state index in [-0.39, 0.29) is 11.6 Å². The summed E-state index contributed by atoms with van der Waals surface area (Å²) in [5.74, 6) is 1.34. The number of rotatable bonds is 8. The molecule has 8 heteroatoms. The molecule has 2 aromatic carbocycles. The summed E-state index contributed by atoms with van der Waals surface area (Å²) in [7, 11) is 1.63. The van der Waals surface area contributed by atoms with Crippen LogP contribution in [-0.2, 0) is 0 Å². The van der Waals surface area contributed by atoms with Crippen LogP contribution in [0.15, 0.2) is 52.9 Å². The van der Waals surface area contributed by atoms with E-state index < -0.39 is 0 Å². The van der Waals surface area contributed by atoms with Gasteiger partial charge in [0.15, 0.2) is 15.9 Å². The number of nitrogens with zero attached hydrogens (tertiary/aromatic N) is 2. The molecule has 0 radical (unpaired) electrons. The molecule has 1 N–H and O–H groups in total. The number of para-hydroxylation sites is 1. The van der Waals surface area contributed by atoms with Gasteiger partial charge >= 0.3 is 0 Å². The smallest absolute Gasteiger partial charge is 0.210 e. The van der Waals surface area contributed by atoms with Crippen molar-refractivity contribution < 1.29 is 13.9 Å². The lowest BCUT2D eigenvalue weighted by Crippen LogP contribution is -2.01. The fourth-order valence-corrected chi connectivity index (χ4v) is 3.65. The summed E-state index contributed by atoms with van der Waals surface area (Å²) in [6, 6.07) is 14.0. The Morgan fingerprint density at radius 2 is 2.04 bits per heavy atom. The molecule has 3 aromatic rings. The number of hydrogen-bond donors (Lipinski definition) is 1. The number of thioether (sulfide) groups is 1. The van der Waals surface area contributed by atoms with Crippen LogP contribution in [0.1, 0.15) is 0 Å². The first-order chi connectivity index (χ1) is 12.2. The van der Waals surface area contributed by atoms with Crippen LogP contribution >= 0.6 is 23.1 Å². The van der Waals surface area contributed by atoms with E-state index in [0.29, 0.717) is 17.5 Å². The van der Waals surface area contributed by atoms with Gasteiger partial charge in [0.05, 0.1) is 13.7 Å². The van der Waals surface area contributed by atoms with Crippen LogP contribution < -0.4 is 14.8 Å². The molecule has 3 rings (SSSR count). The van der Waals surface area contributed by atoms with Gasteiger partial charge in [-0.1, -0.05) is 41.3 Å². The molecule has 0 saturated carbocycles. The maximum atomic E-state index is 13.4. The molecule has 0 atom stereocenters. The molecule has 0 amide bonds. The lowest BCUT2D eigenvalue weighted by Gasteiger charge is -2.05. The van der Waals surface area contributed by atoms with Gasteiger partial charge in [0.2, 0.25) is 5.13 Å². The number of ether oxygens (including phenoxy) is 2. The summed E-state index contributed by atoms with van der Waals surface area (Å²) in [5, 5.41) is 12.1. The van der Waals surface area contributed by atoms with Crippen molar-refractivity contribution >= 4 is 33.9 Å². The molecular weight excluding hydrogens is 361 g/mol. The van der Waals surface area contributed by atoms with Gasteiger partial charge in [-0.25, -0.2) is 4.39 Å². The molecule has 0 saturated heterocycles. The molecule has 25 heavy (non-hydrogen) atoms. The fraction of sp³-hybridized carbons (Fsp3) is 0.176. The van der Waals surface area contributed by atoms with Gasteiger partial charge in [0.1, 0.15) is 5.75 Å². The zero-order chi connectivity index (χ0) is 17.5. The molecule has 0 aliphatic carbocycles. The van der Waals surface area contributed by atoms with E-state index in [2.05, 4.69) is 15.5 Å². The maximum absolute atomic E-state index is 13.4. The Morgan fingerprint density at radius 1 is 1.16 bits per heavy atom. The molecule has 0 aliphatic heterocycles. The van der Waals surface area contributed by atoms with Gasteiger partial charge < -0.3 is 14.8 Å². The quantitative estimate of drug-likeness (QED) is 0.457. The van der Waals surface area contributed by atoms with E-state index in [0.717, 1.165) is 15.8 Å². The molecule has 130 valence electrons. The highest BCUT2D eigenvalue weighted by Gasteiger charge is 2.07. The third-order valence-electron chi connectivity index (χ3n) is 3.13. The predicted octanol–water partition coefficient (Wildman–Crippen LogP) is 4.60. The van der Waals surface area contributed by atoms with Crippen LogP contribution in [0.5, 0.6) is 11.5 Å². The Hall–Kier alpha value is -2.32. The van der Waals surface area contributed by atoms with Crippen molar-refractivity contribution in [2.24, 2.45) is 0 Å². The van der Waals surface area contributed by atoms with Gasteiger partial charge in [0.25, 0.3) is 0 Å². The minimum Gasteiger partial charge on any atom is -0.497 e. The fourth-order valence-electron chi connectivity index (χ4n) is 1.99. The van der Waals surface area contributed by atoms with E-state index in [1.165, 1.54) is 29.2 Å². The number of hydrogen-bond acceptors (Lipinski definition) is 7. The minimum atomic E-state index is -0.354. The maximum Gasteiger partial charge on any atom is 0.210 e. The van der Waals surface area contributed by atoms with Crippen LogP contribution in [0.3, 0.4) is 0 Å². The van der Waals surface area contributed by atoms with Crippen LogP contribution in [0.4, 0.5) is 15.2 Å². The molecular formula is C17H16FN3O2S2. The predicted molar refractivity (Wildman–Crippen MR) is 98.8 cm³/mol. The number of benzene rings is 2. The SMILES string of the molecule is COc1cccc(Nc2nnc(SCCOc3ccccc3F)s2)c1. The average Bonchev–Trinajstić information content (AvgIpc) is 3.07. The number of aromatic nitrogens is 2. The topological polar surface area (TPSA) is 56.3 Å². The van der Waals surface area contributed by atoms with Crippen LogP contribution in [-0.4, -0.2) is 29.7 Å². The summed E-state index contributed by atoms with van der Waals surface area (Å²) < 4.78 is 24.9. The highest BCUT2D eigenvalue weighted by molar-refractivity contribution is 8.01.